The Labute approximate surface area is 203 Å². The molecule has 2 atom stereocenters. The van der Waals surface area contributed by atoms with Gasteiger partial charge >= 0.3 is 0 Å². The Balaban J connectivity index is 1.66. The molecule has 7 heteroatoms. The van der Waals surface area contributed by atoms with Crippen LogP contribution in [0.15, 0.2) is 85.2 Å². The molecule has 0 unspecified atom stereocenters. The highest BCUT2D eigenvalue weighted by Crippen LogP contribution is 2.43. The summed E-state index contributed by atoms with van der Waals surface area (Å²) in [7, 11) is 1.61. The van der Waals surface area contributed by atoms with Crippen molar-refractivity contribution in [2.75, 3.05) is 12.0 Å². The Morgan fingerprint density at radius 1 is 1.00 bits per heavy atom. The molecule has 5 nitrogen and oxygen atoms in total. The predicted molar refractivity (Wildman–Crippen MR) is 136 cm³/mol. The number of aryl methyl sites for hydroxylation is 1. The second-order valence-electron chi connectivity index (χ2n) is 7.95. The van der Waals surface area contributed by atoms with Crippen molar-refractivity contribution in [3.8, 4) is 11.4 Å². The SMILES string of the molecule is COc1ccc(N2C(=S)N[C@H](c3ccccn3)[C@H]2c2cccn2-c2ccc(C)cc2)cc1Cl. The van der Waals surface area contributed by atoms with Gasteiger partial charge in [0.25, 0.3) is 0 Å². The van der Waals surface area contributed by atoms with E-state index in [0.29, 0.717) is 15.9 Å². The number of anilines is 1. The minimum absolute atomic E-state index is 0.140. The molecule has 2 aromatic carbocycles. The number of aromatic nitrogens is 2. The molecule has 1 saturated heterocycles. The largest absolute Gasteiger partial charge is 0.495 e. The fourth-order valence-electron chi connectivity index (χ4n) is 4.31. The van der Waals surface area contributed by atoms with Crippen LogP contribution in [0.25, 0.3) is 5.69 Å². The van der Waals surface area contributed by atoms with Gasteiger partial charge < -0.3 is 19.5 Å². The van der Waals surface area contributed by atoms with E-state index in [9.17, 15) is 0 Å². The van der Waals surface area contributed by atoms with E-state index in [1.807, 2.05) is 42.6 Å². The third-order valence-corrected chi connectivity index (χ3v) is 6.52. The van der Waals surface area contributed by atoms with Crippen molar-refractivity contribution in [1.82, 2.24) is 14.9 Å². The van der Waals surface area contributed by atoms with Crippen LogP contribution in [0.4, 0.5) is 5.69 Å². The highest BCUT2D eigenvalue weighted by molar-refractivity contribution is 7.80. The fraction of sp³-hybridized carbons (Fsp3) is 0.154. The van der Waals surface area contributed by atoms with Gasteiger partial charge in [0.2, 0.25) is 0 Å². The van der Waals surface area contributed by atoms with Crippen LogP contribution < -0.4 is 15.0 Å². The summed E-state index contributed by atoms with van der Waals surface area (Å²) in [4.78, 5) is 6.75. The summed E-state index contributed by atoms with van der Waals surface area (Å²) in [6.07, 6.45) is 3.89. The van der Waals surface area contributed by atoms with Crippen LogP contribution in [0, 0.1) is 6.92 Å². The van der Waals surface area contributed by atoms with Crippen LogP contribution in [-0.4, -0.2) is 21.8 Å². The van der Waals surface area contributed by atoms with E-state index in [2.05, 4.69) is 69.3 Å². The van der Waals surface area contributed by atoms with Crippen LogP contribution >= 0.6 is 23.8 Å². The standard InChI is InChI=1S/C26H23ClN4OS/c1-17-8-10-18(11-9-17)30-15-5-7-22(30)25-24(21-6-3-4-14-28-21)29-26(33)31(25)19-12-13-23(32-2)20(27)16-19/h3-16,24-25H,1-2H3,(H,29,33)/t24-,25-/m1/s1. The molecule has 3 heterocycles. The Hall–Kier alpha value is -3.35. The molecule has 33 heavy (non-hydrogen) atoms. The van der Waals surface area contributed by atoms with Crippen LogP contribution in [0.2, 0.25) is 5.02 Å². The van der Waals surface area contributed by atoms with Gasteiger partial charge in [-0.15, -0.1) is 0 Å². The zero-order valence-electron chi connectivity index (χ0n) is 18.3. The van der Waals surface area contributed by atoms with E-state index in [0.717, 1.165) is 22.8 Å². The maximum absolute atomic E-state index is 6.49. The van der Waals surface area contributed by atoms with Crippen LogP contribution in [0.5, 0.6) is 5.75 Å². The number of methoxy groups -OCH3 is 1. The minimum Gasteiger partial charge on any atom is -0.495 e. The highest BCUT2D eigenvalue weighted by Gasteiger charge is 2.42. The lowest BCUT2D eigenvalue weighted by atomic mass is 10.0. The van der Waals surface area contributed by atoms with E-state index in [1.165, 1.54) is 5.56 Å². The first-order valence-electron chi connectivity index (χ1n) is 10.7. The van der Waals surface area contributed by atoms with Gasteiger partial charge in [-0.3, -0.25) is 4.98 Å². The smallest absolute Gasteiger partial charge is 0.174 e. The number of pyridine rings is 1. The quantitative estimate of drug-likeness (QED) is 0.358. The molecule has 1 N–H and O–H groups in total. The Morgan fingerprint density at radius 2 is 1.79 bits per heavy atom. The molecule has 0 radical (unpaired) electrons. The zero-order valence-corrected chi connectivity index (χ0v) is 19.8. The van der Waals surface area contributed by atoms with Crippen molar-refractivity contribution in [3.05, 3.63) is 107 Å². The number of ether oxygens (including phenoxy) is 1. The van der Waals surface area contributed by atoms with E-state index in [4.69, 9.17) is 28.6 Å². The van der Waals surface area contributed by atoms with Crippen LogP contribution in [0.1, 0.15) is 29.0 Å². The van der Waals surface area contributed by atoms with Gasteiger partial charge in [0, 0.05) is 29.5 Å². The highest BCUT2D eigenvalue weighted by atomic mass is 35.5. The molecular weight excluding hydrogens is 452 g/mol. The number of benzene rings is 2. The van der Waals surface area contributed by atoms with Crippen LogP contribution in [-0.2, 0) is 0 Å². The Kier molecular flexibility index (Phi) is 5.79. The molecule has 0 spiro atoms. The number of rotatable bonds is 5. The van der Waals surface area contributed by atoms with Gasteiger partial charge in [-0.25, -0.2) is 0 Å². The topological polar surface area (TPSA) is 42.3 Å². The van der Waals surface area contributed by atoms with Crippen molar-refractivity contribution in [2.24, 2.45) is 0 Å². The molecule has 0 aliphatic carbocycles. The van der Waals surface area contributed by atoms with E-state index < -0.39 is 0 Å². The van der Waals surface area contributed by atoms with E-state index in [1.54, 1.807) is 7.11 Å². The maximum atomic E-state index is 6.49. The average molecular weight is 475 g/mol. The van der Waals surface area contributed by atoms with Gasteiger partial charge in [0.1, 0.15) is 11.8 Å². The third kappa shape index (κ3) is 3.96. The number of nitrogens with one attached hydrogen (secondary N) is 1. The maximum Gasteiger partial charge on any atom is 0.174 e. The molecule has 2 aromatic heterocycles. The number of thiocarbonyl (C=S) groups is 1. The molecule has 166 valence electrons. The summed E-state index contributed by atoms with van der Waals surface area (Å²) in [5, 5.41) is 4.65. The van der Waals surface area contributed by atoms with Crippen molar-refractivity contribution in [3.63, 3.8) is 0 Å². The molecule has 1 fully saturated rings. The summed E-state index contributed by atoms with van der Waals surface area (Å²) in [5.41, 5.74) is 5.21. The zero-order chi connectivity index (χ0) is 22.9. The van der Waals surface area contributed by atoms with Gasteiger partial charge in [-0.2, -0.15) is 0 Å². The number of hydrogen-bond acceptors (Lipinski definition) is 3. The number of halogens is 1. The molecule has 0 saturated carbocycles. The molecular formula is C26H23ClN4OS. The lowest BCUT2D eigenvalue weighted by Crippen LogP contribution is -2.30. The number of nitrogens with zero attached hydrogens (tertiary/aromatic N) is 3. The first kappa shape index (κ1) is 21.5. The summed E-state index contributed by atoms with van der Waals surface area (Å²) < 4.78 is 7.55. The van der Waals surface area contributed by atoms with Crippen LogP contribution in [0.3, 0.4) is 0 Å². The van der Waals surface area contributed by atoms with Crippen molar-refractivity contribution in [2.45, 2.75) is 19.0 Å². The van der Waals surface area contributed by atoms with Gasteiger partial charge in [-0.1, -0.05) is 35.4 Å². The third-order valence-electron chi connectivity index (χ3n) is 5.91. The lowest BCUT2D eigenvalue weighted by Gasteiger charge is -2.29. The Bertz CT molecular complexity index is 1290. The first-order valence-corrected chi connectivity index (χ1v) is 11.4. The molecule has 5 rings (SSSR count). The van der Waals surface area contributed by atoms with E-state index in [-0.39, 0.29) is 12.1 Å². The summed E-state index contributed by atoms with van der Waals surface area (Å²) in [6, 6.07) is 24.1. The predicted octanol–water partition coefficient (Wildman–Crippen LogP) is 6.02. The number of hydrogen-bond donors (Lipinski definition) is 1. The lowest BCUT2D eigenvalue weighted by molar-refractivity contribution is 0.415. The average Bonchev–Trinajstić information content (AvgIpc) is 3.44. The molecule has 1 aliphatic rings. The first-order chi connectivity index (χ1) is 16.1. The monoisotopic (exact) mass is 474 g/mol. The summed E-state index contributed by atoms with van der Waals surface area (Å²) in [5.74, 6) is 0.624. The Morgan fingerprint density at radius 3 is 2.48 bits per heavy atom. The van der Waals surface area contributed by atoms with Gasteiger partial charge in [-0.05, 0) is 73.7 Å². The molecule has 1 aliphatic heterocycles. The van der Waals surface area contributed by atoms with Gasteiger partial charge in [0.15, 0.2) is 5.11 Å². The van der Waals surface area contributed by atoms with Crippen molar-refractivity contribution >= 4 is 34.6 Å². The normalized spacial score (nSPS) is 17.8. The second kappa shape index (κ2) is 8.89. The van der Waals surface area contributed by atoms with Crippen molar-refractivity contribution < 1.29 is 4.74 Å². The fourth-order valence-corrected chi connectivity index (χ4v) is 4.91. The van der Waals surface area contributed by atoms with E-state index >= 15 is 0 Å². The van der Waals surface area contributed by atoms with Gasteiger partial charge in [0.05, 0.1) is 23.9 Å². The molecule has 0 bridgehead atoms. The molecule has 4 aromatic rings. The second-order valence-corrected chi connectivity index (χ2v) is 8.75. The summed E-state index contributed by atoms with van der Waals surface area (Å²) >= 11 is 12.3. The van der Waals surface area contributed by atoms with Crippen molar-refractivity contribution in [1.29, 1.82) is 0 Å². The minimum atomic E-state index is -0.145. The molecule has 0 amide bonds. The summed E-state index contributed by atoms with van der Waals surface area (Å²) in [6.45, 7) is 2.09.